The van der Waals surface area contributed by atoms with Crippen molar-refractivity contribution in [3.05, 3.63) is 48.2 Å². The van der Waals surface area contributed by atoms with Crippen molar-refractivity contribution in [2.75, 3.05) is 12.4 Å². The van der Waals surface area contributed by atoms with Gasteiger partial charge in [0.25, 0.3) is 5.91 Å². The number of carbonyl (C=O) groups is 1. The molecule has 2 heterocycles. The van der Waals surface area contributed by atoms with Crippen molar-refractivity contribution in [1.82, 2.24) is 10.3 Å². The Bertz CT molecular complexity index is 494. The van der Waals surface area contributed by atoms with Crippen LogP contribution in [0.3, 0.4) is 0 Å². The van der Waals surface area contributed by atoms with Gasteiger partial charge in [0.05, 0.1) is 12.8 Å². The molecule has 0 saturated carbocycles. The minimum atomic E-state index is -0.224. The zero-order valence-electron chi connectivity index (χ0n) is 9.43. The van der Waals surface area contributed by atoms with Crippen molar-refractivity contribution >= 4 is 11.6 Å². The van der Waals surface area contributed by atoms with Crippen LogP contribution < -0.4 is 10.6 Å². The van der Waals surface area contributed by atoms with Crippen LogP contribution in [0.25, 0.3) is 0 Å². The summed E-state index contributed by atoms with van der Waals surface area (Å²) >= 11 is 0. The molecule has 2 N–H and O–H groups in total. The lowest BCUT2D eigenvalue weighted by Gasteiger charge is -2.04. The van der Waals surface area contributed by atoms with Gasteiger partial charge in [0.15, 0.2) is 0 Å². The van der Waals surface area contributed by atoms with Gasteiger partial charge in [-0.15, -0.1) is 0 Å². The van der Waals surface area contributed by atoms with E-state index in [2.05, 4.69) is 15.6 Å². The summed E-state index contributed by atoms with van der Waals surface area (Å²) in [6, 6.07) is 7.07. The summed E-state index contributed by atoms with van der Waals surface area (Å²) < 4.78 is 5.12. The summed E-state index contributed by atoms with van der Waals surface area (Å²) in [6.07, 6.45) is 3.16. The van der Waals surface area contributed by atoms with Crippen LogP contribution in [-0.4, -0.2) is 17.9 Å². The molecule has 0 aromatic carbocycles. The Hall–Kier alpha value is -2.30. The van der Waals surface area contributed by atoms with Crippen LogP contribution in [0.5, 0.6) is 0 Å². The van der Waals surface area contributed by atoms with E-state index in [0.29, 0.717) is 18.0 Å². The molecule has 0 unspecified atom stereocenters. The SMILES string of the molecule is CNc1ccnc(C(=O)NCc2ccco2)c1. The zero-order valence-corrected chi connectivity index (χ0v) is 9.43. The molecular formula is C12H13N3O2. The van der Waals surface area contributed by atoms with Gasteiger partial charge in [0, 0.05) is 18.9 Å². The smallest absolute Gasteiger partial charge is 0.270 e. The van der Waals surface area contributed by atoms with Gasteiger partial charge in [0.1, 0.15) is 11.5 Å². The first-order valence-electron chi connectivity index (χ1n) is 5.24. The third kappa shape index (κ3) is 2.84. The lowest BCUT2D eigenvalue weighted by Crippen LogP contribution is -2.23. The predicted octanol–water partition coefficient (Wildman–Crippen LogP) is 1.65. The third-order valence-electron chi connectivity index (χ3n) is 2.28. The second-order valence-corrected chi connectivity index (χ2v) is 3.44. The van der Waals surface area contributed by atoms with E-state index in [1.807, 2.05) is 0 Å². The minimum Gasteiger partial charge on any atom is -0.467 e. The normalized spacial score (nSPS) is 9.94. The van der Waals surface area contributed by atoms with Crippen LogP contribution in [0.15, 0.2) is 41.1 Å². The number of rotatable bonds is 4. The van der Waals surface area contributed by atoms with Gasteiger partial charge in [-0.25, -0.2) is 0 Å². The summed E-state index contributed by atoms with van der Waals surface area (Å²) in [7, 11) is 1.79. The van der Waals surface area contributed by atoms with Crippen LogP contribution >= 0.6 is 0 Å². The van der Waals surface area contributed by atoms with Crippen molar-refractivity contribution in [1.29, 1.82) is 0 Å². The number of amides is 1. The van der Waals surface area contributed by atoms with Gasteiger partial charge in [0.2, 0.25) is 0 Å². The Morgan fingerprint density at radius 1 is 1.47 bits per heavy atom. The van der Waals surface area contributed by atoms with E-state index in [1.54, 1.807) is 43.8 Å². The highest BCUT2D eigenvalue weighted by Crippen LogP contribution is 2.07. The fourth-order valence-electron chi connectivity index (χ4n) is 1.38. The molecule has 5 nitrogen and oxygen atoms in total. The summed E-state index contributed by atoms with van der Waals surface area (Å²) in [5.41, 5.74) is 1.23. The topological polar surface area (TPSA) is 67.2 Å². The molecule has 0 radical (unpaired) electrons. The molecule has 0 fully saturated rings. The van der Waals surface area contributed by atoms with Gasteiger partial charge < -0.3 is 15.1 Å². The number of nitrogens with zero attached hydrogens (tertiary/aromatic N) is 1. The number of carbonyl (C=O) groups excluding carboxylic acids is 1. The minimum absolute atomic E-state index is 0.224. The molecule has 0 aliphatic carbocycles. The highest BCUT2D eigenvalue weighted by Gasteiger charge is 2.07. The monoisotopic (exact) mass is 231 g/mol. The van der Waals surface area contributed by atoms with Crippen molar-refractivity contribution in [2.24, 2.45) is 0 Å². The third-order valence-corrected chi connectivity index (χ3v) is 2.28. The molecule has 2 aromatic rings. The Kier molecular flexibility index (Phi) is 3.40. The van der Waals surface area contributed by atoms with Gasteiger partial charge in [-0.2, -0.15) is 0 Å². The van der Waals surface area contributed by atoms with Crippen molar-refractivity contribution in [2.45, 2.75) is 6.54 Å². The van der Waals surface area contributed by atoms with Crippen molar-refractivity contribution in [3.63, 3.8) is 0 Å². The Morgan fingerprint density at radius 3 is 3.06 bits per heavy atom. The summed E-state index contributed by atoms with van der Waals surface area (Å²) in [6.45, 7) is 0.358. The largest absolute Gasteiger partial charge is 0.467 e. The number of pyridine rings is 1. The molecule has 0 aliphatic heterocycles. The molecule has 0 spiro atoms. The standard InChI is InChI=1S/C12H13N3O2/c1-13-9-4-5-14-11(7-9)12(16)15-8-10-3-2-6-17-10/h2-7H,8H2,1H3,(H,13,14)(H,15,16). The average molecular weight is 231 g/mol. The van der Waals surface area contributed by atoms with Gasteiger partial charge in [-0.1, -0.05) is 0 Å². The van der Waals surface area contributed by atoms with Crippen LogP contribution in [-0.2, 0) is 6.54 Å². The number of nitrogens with one attached hydrogen (secondary N) is 2. The van der Waals surface area contributed by atoms with Crippen molar-refractivity contribution in [3.8, 4) is 0 Å². The molecule has 17 heavy (non-hydrogen) atoms. The summed E-state index contributed by atoms with van der Waals surface area (Å²) in [5, 5.41) is 5.68. The molecule has 2 rings (SSSR count). The Morgan fingerprint density at radius 2 is 2.35 bits per heavy atom. The van der Waals surface area contributed by atoms with E-state index in [1.165, 1.54) is 0 Å². The van der Waals surface area contributed by atoms with Gasteiger partial charge in [-0.3, -0.25) is 9.78 Å². The lowest BCUT2D eigenvalue weighted by atomic mass is 10.3. The highest BCUT2D eigenvalue weighted by molar-refractivity contribution is 5.92. The lowest BCUT2D eigenvalue weighted by molar-refractivity contribution is 0.0943. The fraction of sp³-hybridized carbons (Fsp3) is 0.167. The van der Waals surface area contributed by atoms with Gasteiger partial charge in [-0.05, 0) is 24.3 Å². The molecule has 0 bridgehead atoms. The van der Waals surface area contributed by atoms with Crippen LogP contribution in [0.4, 0.5) is 5.69 Å². The maximum absolute atomic E-state index is 11.8. The molecule has 88 valence electrons. The van der Waals surface area contributed by atoms with E-state index in [4.69, 9.17) is 4.42 Å². The van der Waals surface area contributed by atoms with E-state index in [-0.39, 0.29) is 5.91 Å². The molecule has 5 heteroatoms. The molecule has 1 amide bonds. The molecule has 2 aromatic heterocycles. The maximum Gasteiger partial charge on any atom is 0.270 e. The van der Waals surface area contributed by atoms with E-state index in [9.17, 15) is 4.79 Å². The Labute approximate surface area is 98.9 Å². The van der Waals surface area contributed by atoms with E-state index < -0.39 is 0 Å². The zero-order chi connectivity index (χ0) is 12.1. The number of furan rings is 1. The number of aromatic nitrogens is 1. The first-order chi connectivity index (χ1) is 8.29. The highest BCUT2D eigenvalue weighted by atomic mass is 16.3. The van der Waals surface area contributed by atoms with Crippen LogP contribution in [0.1, 0.15) is 16.2 Å². The summed E-state index contributed by atoms with van der Waals surface area (Å²) in [5.74, 6) is 0.488. The number of hydrogen-bond donors (Lipinski definition) is 2. The molecule has 0 aliphatic rings. The molecular weight excluding hydrogens is 218 g/mol. The number of anilines is 1. The fourth-order valence-corrected chi connectivity index (χ4v) is 1.38. The second-order valence-electron chi connectivity index (χ2n) is 3.44. The quantitative estimate of drug-likeness (QED) is 0.839. The molecule has 0 atom stereocenters. The van der Waals surface area contributed by atoms with Crippen molar-refractivity contribution < 1.29 is 9.21 Å². The predicted molar refractivity (Wildman–Crippen MR) is 63.7 cm³/mol. The first-order valence-corrected chi connectivity index (χ1v) is 5.24. The second kappa shape index (κ2) is 5.16. The Balaban J connectivity index is 1.99. The maximum atomic E-state index is 11.8. The van der Waals surface area contributed by atoms with E-state index in [0.717, 1.165) is 5.69 Å². The van der Waals surface area contributed by atoms with Gasteiger partial charge >= 0.3 is 0 Å². The first kappa shape index (κ1) is 11.2. The van der Waals surface area contributed by atoms with Crippen LogP contribution in [0.2, 0.25) is 0 Å². The summed E-state index contributed by atoms with van der Waals surface area (Å²) in [4.78, 5) is 15.8. The van der Waals surface area contributed by atoms with Crippen LogP contribution in [0, 0.1) is 0 Å². The number of hydrogen-bond acceptors (Lipinski definition) is 4. The van der Waals surface area contributed by atoms with E-state index >= 15 is 0 Å². The molecule has 0 saturated heterocycles. The average Bonchev–Trinajstić information content (AvgIpc) is 2.89.